The van der Waals surface area contributed by atoms with E-state index in [0.717, 1.165) is 64.6 Å². The summed E-state index contributed by atoms with van der Waals surface area (Å²) in [6.45, 7) is 7.95. The van der Waals surface area contributed by atoms with Crippen LogP contribution in [0.2, 0.25) is 5.02 Å². The van der Waals surface area contributed by atoms with Gasteiger partial charge in [0.25, 0.3) is 0 Å². The first-order valence-corrected chi connectivity index (χ1v) is 9.77. The molecule has 7 nitrogen and oxygen atoms in total. The Morgan fingerprint density at radius 1 is 1.15 bits per heavy atom. The van der Waals surface area contributed by atoms with Crippen molar-refractivity contribution in [1.82, 2.24) is 19.8 Å². The van der Waals surface area contributed by atoms with Gasteiger partial charge < -0.3 is 14.5 Å². The standard InChI is InChI=1S/C19H26ClN5O2/c1-16(26)24-11-9-23(10-12-24)6-2-3-13-27-18-4-7-25(8-5-18)19-21-14-17(20)15-22-19/h14-15,18H,4-13H2,1H3. The average Bonchev–Trinajstić information content (AvgIpc) is 2.69. The van der Waals surface area contributed by atoms with Crippen LogP contribution in [0.5, 0.6) is 0 Å². The lowest BCUT2D eigenvalue weighted by Gasteiger charge is -2.33. The molecule has 0 spiro atoms. The quantitative estimate of drug-likeness (QED) is 0.721. The van der Waals surface area contributed by atoms with Gasteiger partial charge >= 0.3 is 0 Å². The smallest absolute Gasteiger partial charge is 0.225 e. The molecule has 27 heavy (non-hydrogen) atoms. The largest absolute Gasteiger partial charge is 0.365 e. The van der Waals surface area contributed by atoms with Crippen molar-refractivity contribution in [2.45, 2.75) is 25.9 Å². The van der Waals surface area contributed by atoms with Gasteiger partial charge in [-0.2, -0.15) is 0 Å². The predicted molar refractivity (Wildman–Crippen MR) is 105 cm³/mol. The molecule has 0 radical (unpaired) electrons. The van der Waals surface area contributed by atoms with E-state index < -0.39 is 0 Å². The van der Waals surface area contributed by atoms with Crippen molar-refractivity contribution in [2.75, 3.05) is 57.3 Å². The van der Waals surface area contributed by atoms with Crippen LogP contribution in [-0.2, 0) is 9.53 Å². The van der Waals surface area contributed by atoms with Crippen LogP contribution >= 0.6 is 11.6 Å². The summed E-state index contributed by atoms with van der Waals surface area (Å²) < 4.78 is 5.89. The molecule has 1 aromatic heterocycles. The van der Waals surface area contributed by atoms with Crippen molar-refractivity contribution < 1.29 is 9.53 Å². The number of carbonyl (C=O) groups is 1. The molecule has 0 atom stereocenters. The third-order valence-electron chi connectivity index (χ3n) is 4.97. The zero-order valence-corrected chi connectivity index (χ0v) is 16.5. The van der Waals surface area contributed by atoms with E-state index in [1.165, 1.54) is 0 Å². The molecule has 0 bridgehead atoms. The molecule has 0 aliphatic carbocycles. The molecule has 0 unspecified atom stereocenters. The number of rotatable bonds is 4. The number of hydrogen-bond acceptors (Lipinski definition) is 6. The molecule has 0 aromatic carbocycles. The van der Waals surface area contributed by atoms with Crippen LogP contribution in [0.4, 0.5) is 5.95 Å². The lowest BCUT2D eigenvalue weighted by Crippen LogP contribution is -2.47. The highest BCUT2D eigenvalue weighted by atomic mass is 35.5. The molecule has 3 heterocycles. The summed E-state index contributed by atoms with van der Waals surface area (Å²) in [5.74, 6) is 7.18. The summed E-state index contributed by atoms with van der Waals surface area (Å²) in [7, 11) is 0. The summed E-state index contributed by atoms with van der Waals surface area (Å²) in [6.07, 6.45) is 5.38. The van der Waals surface area contributed by atoms with E-state index in [1.54, 1.807) is 19.3 Å². The Kier molecular flexibility index (Phi) is 7.27. The minimum Gasteiger partial charge on any atom is -0.365 e. The fraction of sp³-hybridized carbons (Fsp3) is 0.632. The van der Waals surface area contributed by atoms with Crippen molar-refractivity contribution in [1.29, 1.82) is 0 Å². The molecule has 3 rings (SSSR count). The molecular weight excluding hydrogens is 366 g/mol. The predicted octanol–water partition coefficient (Wildman–Crippen LogP) is 1.28. The van der Waals surface area contributed by atoms with Crippen LogP contribution in [0.1, 0.15) is 19.8 Å². The number of halogens is 1. The number of ether oxygens (including phenoxy) is 1. The van der Waals surface area contributed by atoms with Gasteiger partial charge in [-0.15, -0.1) is 0 Å². The van der Waals surface area contributed by atoms with Crippen LogP contribution in [0.3, 0.4) is 0 Å². The van der Waals surface area contributed by atoms with Crippen molar-refractivity contribution in [2.24, 2.45) is 0 Å². The lowest BCUT2D eigenvalue weighted by molar-refractivity contribution is -0.130. The zero-order chi connectivity index (χ0) is 19.1. The third kappa shape index (κ3) is 6.06. The van der Waals surface area contributed by atoms with Gasteiger partial charge in [-0.25, -0.2) is 9.97 Å². The minimum atomic E-state index is 0.155. The fourth-order valence-electron chi connectivity index (χ4n) is 3.29. The second-order valence-electron chi connectivity index (χ2n) is 6.83. The second-order valence-corrected chi connectivity index (χ2v) is 7.27. The summed E-state index contributed by atoms with van der Waals surface area (Å²) in [4.78, 5) is 26.2. The molecule has 2 saturated heterocycles. The van der Waals surface area contributed by atoms with E-state index >= 15 is 0 Å². The Morgan fingerprint density at radius 3 is 2.44 bits per heavy atom. The molecule has 2 aliphatic rings. The normalized spacial score (nSPS) is 18.9. The van der Waals surface area contributed by atoms with Crippen LogP contribution in [-0.4, -0.2) is 84.2 Å². The zero-order valence-electron chi connectivity index (χ0n) is 15.7. The van der Waals surface area contributed by atoms with Crippen molar-refractivity contribution in [3.8, 4) is 11.8 Å². The van der Waals surface area contributed by atoms with Crippen LogP contribution in [0.25, 0.3) is 0 Å². The van der Waals surface area contributed by atoms with Crippen LogP contribution < -0.4 is 4.90 Å². The van der Waals surface area contributed by atoms with E-state index in [-0.39, 0.29) is 12.0 Å². The fourth-order valence-corrected chi connectivity index (χ4v) is 3.39. The van der Waals surface area contributed by atoms with Gasteiger partial charge in [0.15, 0.2) is 0 Å². The SMILES string of the molecule is CC(=O)N1CCN(CC#CCOC2CCN(c3ncc(Cl)cn3)CC2)CC1. The minimum absolute atomic E-state index is 0.155. The Hall–Kier alpha value is -1.88. The number of carbonyl (C=O) groups excluding carboxylic acids is 1. The third-order valence-corrected chi connectivity index (χ3v) is 5.16. The number of anilines is 1. The van der Waals surface area contributed by atoms with Crippen molar-refractivity contribution in [3.63, 3.8) is 0 Å². The van der Waals surface area contributed by atoms with E-state index in [1.807, 2.05) is 4.90 Å². The molecule has 1 aromatic rings. The summed E-state index contributed by atoms with van der Waals surface area (Å²) >= 11 is 5.83. The first-order chi connectivity index (χ1) is 13.1. The first-order valence-electron chi connectivity index (χ1n) is 9.39. The maximum Gasteiger partial charge on any atom is 0.225 e. The summed E-state index contributed by atoms with van der Waals surface area (Å²) in [5, 5.41) is 0.552. The second kappa shape index (κ2) is 9.88. The van der Waals surface area contributed by atoms with Gasteiger partial charge in [0.2, 0.25) is 11.9 Å². The highest BCUT2D eigenvalue weighted by Crippen LogP contribution is 2.18. The molecule has 0 N–H and O–H groups in total. The van der Waals surface area contributed by atoms with E-state index in [4.69, 9.17) is 16.3 Å². The van der Waals surface area contributed by atoms with Crippen LogP contribution in [0.15, 0.2) is 12.4 Å². The Labute approximate surface area is 165 Å². The molecule has 0 saturated carbocycles. The van der Waals surface area contributed by atoms with E-state index in [2.05, 4.69) is 31.6 Å². The highest BCUT2D eigenvalue weighted by molar-refractivity contribution is 6.30. The molecule has 8 heteroatoms. The van der Waals surface area contributed by atoms with Crippen molar-refractivity contribution in [3.05, 3.63) is 17.4 Å². The van der Waals surface area contributed by atoms with E-state index in [9.17, 15) is 4.79 Å². The molecule has 146 valence electrons. The topological polar surface area (TPSA) is 61.8 Å². The number of piperidine rings is 1. The maximum atomic E-state index is 11.3. The highest BCUT2D eigenvalue weighted by Gasteiger charge is 2.21. The number of piperazine rings is 1. The van der Waals surface area contributed by atoms with Gasteiger partial charge in [0.05, 0.1) is 30.1 Å². The first kappa shape index (κ1) is 19.9. The van der Waals surface area contributed by atoms with Gasteiger partial charge in [-0.1, -0.05) is 23.4 Å². The summed E-state index contributed by atoms with van der Waals surface area (Å²) in [6, 6.07) is 0. The number of nitrogens with zero attached hydrogens (tertiary/aromatic N) is 5. The number of hydrogen-bond donors (Lipinski definition) is 0. The molecule has 2 aliphatic heterocycles. The molecule has 2 fully saturated rings. The lowest BCUT2D eigenvalue weighted by atomic mass is 10.1. The molecular formula is C19H26ClN5O2. The monoisotopic (exact) mass is 391 g/mol. The molecule has 1 amide bonds. The van der Waals surface area contributed by atoms with Crippen molar-refractivity contribution >= 4 is 23.5 Å². The summed E-state index contributed by atoms with van der Waals surface area (Å²) in [5.41, 5.74) is 0. The van der Waals surface area contributed by atoms with Crippen LogP contribution in [0, 0.1) is 11.8 Å². The Bertz CT molecular complexity index is 672. The Balaban J connectivity index is 1.30. The number of amides is 1. The van der Waals surface area contributed by atoms with Gasteiger partial charge in [-0.3, -0.25) is 9.69 Å². The van der Waals surface area contributed by atoms with Gasteiger partial charge in [0.1, 0.15) is 6.61 Å². The number of aromatic nitrogens is 2. The van der Waals surface area contributed by atoms with E-state index in [0.29, 0.717) is 11.6 Å². The average molecular weight is 392 g/mol. The van der Waals surface area contributed by atoms with Gasteiger partial charge in [0, 0.05) is 46.2 Å². The van der Waals surface area contributed by atoms with Gasteiger partial charge in [-0.05, 0) is 12.8 Å². The Morgan fingerprint density at radius 2 is 1.81 bits per heavy atom. The maximum absolute atomic E-state index is 11.3.